The average molecular weight is 625 g/mol. The molecule has 2 aromatic heterocycles. The molecule has 3 rings (SSSR count). The Morgan fingerprint density at radius 3 is 2.35 bits per heavy atom. The standard InChI is InChI=1S/C20H30N5O12P3/c1-14(26)22-10-6-7-15-11-25(20-18(15)19(21)23-13-24-20)17-9-8-16(35-17)12-34-39(28,32-4)37-40(29,33-5)36-38(27,30-2)31-3/h11,13,16-17H,8-10,12H2,1-5H3,(H,22,26)(H2,21,23,24)/t16-,17+,39?,40?/m0/s1. The number of hydrogen-bond acceptors (Lipinski definition) is 15. The zero-order valence-corrected chi connectivity index (χ0v) is 25.0. The highest BCUT2D eigenvalue weighted by Crippen LogP contribution is 2.72. The summed E-state index contributed by atoms with van der Waals surface area (Å²) in [5, 5.41) is 3.11. The number of carbonyl (C=O) groups is 1. The maximum atomic E-state index is 13.0. The molecule has 17 nitrogen and oxygen atoms in total. The van der Waals surface area contributed by atoms with Crippen molar-refractivity contribution in [1.29, 1.82) is 0 Å². The van der Waals surface area contributed by atoms with Crippen molar-refractivity contribution < 1.29 is 54.5 Å². The topological polar surface area (TPSA) is 211 Å². The van der Waals surface area contributed by atoms with Gasteiger partial charge in [0, 0.05) is 41.6 Å². The summed E-state index contributed by atoms with van der Waals surface area (Å²) in [6.45, 7) is 1.23. The van der Waals surface area contributed by atoms with E-state index in [1.54, 1.807) is 10.8 Å². The molecule has 0 saturated carbocycles. The molecule has 3 heterocycles. The van der Waals surface area contributed by atoms with Gasteiger partial charge in [0.05, 0.1) is 30.2 Å². The number of nitrogen functional groups attached to an aromatic ring is 1. The number of rotatable bonds is 13. The van der Waals surface area contributed by atoms with Crippen molar-refractivity contribution in [2.75, 3.05) is 47.3 Å². The number of nitrogens with zero attached hydrogens (tertiary/aromatic N) is 3. The zero-order valence-electron chi connectivity index (χ0n) is 22.3. The number of nitrogens with one attached hydrogen (secondary N) is 1. The molecule has 3 N–H and O–H groups in total. The molecule has 4 atom stereocenters. The first-order chi connectivity index (χ1) is 18.9. The third kappa shape index (κ3) is 7.97. The van der Waals surface area contributed by atoms with E-state index in [0.29, 0.717) is 29.4 Å². The van der Waals surface area contributed by atoms with Crippen LogP contribution in [0.15, 0.2) is 12.5 Å². The second-order valence-electron chi connectivity index (χ2n) is 7.94. The van der Waals surface area contributed by atoms with Gasteiger partial charge < -0.3 is 20.4 Å². The number of aromatic nitrogens is 3. The predicted octanol–water partition coefficient (Wildman–Crippen LogP) is 3.14. The number of phosphoric acid groups is 3. The third-order valence-electron chi connectivity index (χ3n) is 5.40. The summed E-state index contributed by atoms with van der Waals surface area (Å²) >= 11 is 0. The largest absolute Gasteiger partial charge is 0.492 e. The van der Waals surface area contributed by atoms with Crippen molar-refractivity contribution in [2.24, 2.45) is 0 Å². The molecule has 0 aromatic carbocycles. The van der Waals surface area contributed by atoms with E-state index in [2.05, 4.69) is 40.7 Å². The third-order valence-corrected chi connectivity index (χ3v) is 10.8. The van der Waals surface area contributed by atoms with Crippen LogP contribution < -0.4 is 11.1 Å². The normalized spacial score (nSPS) is 20.4. The van der Waals surface area contributed by atoms with E-state index >= 15 is 0 Å². The van der Waals surface area contributed by atoms with Gasteiger partial charge in [-0.2, -0.15) is 8.62 Å². The Kier molecular flexibility index (Phi) is 11.0. The van der Waals surface area contributed by atoms with Crippen molar-refractivity contribution in [3.05, 3.63) is 18.1 Å². The SMILES string of the molecule is COP(=O)(OC)OP(=O)(OC)OP(=O)(OC)OC[C@@H]1CC[C@H](n2cc(C#CCNC(C)=O)c3c(N)ncnc32)O1. The Bertz CT molecular complexity index is 1410. The lowest BCUT2D eigenvalue weighted by Gasteiger charge is -2.23. The highest BCUT2D eigenvalue weighted by Gasteiger charge is 2.46. The molecule has 20 heteroatoms. The van der Waals surface area contributed by atoms with Crippen LogP contribution in [0, 0.1) is 11.8 Å². The van der Waals surface area contributed by atoms with Gasteiger partial charge in [-0.3, -0.25) is 27.4 Å². The van der Waals surface area contributed by atoms with Gasteiger partial charge >= 0.3 is 23.5 Å². The molecule has 1 aliphatic heterocycles. The number of phosphoric ester groups is 2. The monoisotopic (exact) mass is 625 g/mol. The first-order valence-corrected chi connectivity index (χ1v) is 15.9. The number of carbonyl (C=O) groups excluding carboxylic acids is 1. The minimum atomic E-state index is -4.79. The number of nitrogens with two attached hydrogens (primary N) is 1. The second kappa shape index (κ2) is 13.7. The summed E-state index contributed by atoms with van der Waals surface area (Å²) in [6, 6.07) is 0. The molecule has 0 bridgehead atoms. The lowest BCUT2D eigenvalue weighted by atomic mass is 10.2. The Morgan fingerprint density at radius 2 is 1.73 bits per heavy atom. The highest BCUT2D eigenvalue weighted by molar-refractivity contribution is 7.67. The Hall–Kier alpha value is -2.18. The van der Waals surface area contributed by atoms with E-state index in [4.69, 9.17) is 28.1 Å². The molecule has 1 aliphatic rings. The van der Waals surface area contributed by atoms with E-state index in [-0.39, 0.29) is 24.9 Å². The van der Waals surface area contributed by atoms with E-state index < -0.39 is 35.8 Å². The second-order valence-corrected chi connectivity index (χ2v) is 13.6. The number of anilines is 1. The van der Waals surface area contributed by atoms with Gasteiger partial charge in [0.1, 0.15) is 24.0 Å². The number of hydrogen-bond donors (Lipinski definition) is 2. The van der Waals surface area contributed by atoms with Crippen LogP contribution in [-0.2, 0) is 54.5 Å². The van der Waals surface area contributed by atoms with Gasteiger partial charge in [-0.15, -0.1) is 0 Å². The minimum Gasteiger partial charge on any atom is -0.383 e. The first-order valence-electron chi connectivity index (χ1n) is 11.5. The molecular formula is C20H30N5O12P3. The van der Waals surface area contributed by atoms with Crippen LogP contribution in [0.3, 0.4) is 0 Å². The van der Waals surface area contributed by atoms with Crippen molar-refractivity contribution >= 4 is 46.2 Å². The maximum absolute atomic E-state index is 13.0. The molecule has 0 spiro atoms. The molecule has 2 unspecified atom stereocenters. The lowest BCUT2D eigenvalue weighted by Crippen LogP contribution is -2.19. The summed E-state index contributed by atoms with van der Waals surface area (Å²) < 4.78 is 79.2. The van der Waals surface area contributed by atoms with Crippen LogP contribution in [-0.4, -0.2) is 68.1 Å². The average Bonchev–Trinajstić information content (AvgIpc) is 3.55. The number of fused-ring (bicyclic) bond motifs is 1. The molecule has 40 heavy (non-hydrogen) atoms. The smallest absolute Gasteiger partial charge is 0.383 e. The number of ether oxygens (including phenoxy) is 1. The molecule has 1 saturated heterocycles. The van der Waals surface area contributed by atoms with Crippen LogP contribution in [0.5, 0.6) is 0 Å². The molecule has 0 aliphatic carbocycles. The summed E-state index contributed by atoms with van der Waals surface area (Å²) in [5.41, 5.74) is 7.10. The summed E-state index contributed by atoms with van der Waals surface area (Å²) in [6.07, 6.45) is 2.86. The lowest BCUT2D eigenvalue weighted by molar-refractivity contribution is -0.118. The summed E-state index contributed by atoms with van der Waals surface area (Å²) in [5.74, 6) is 5.82. The van der Waals surface area contributed by atoms with Crippen LogP contribution in [0.2, 0.25) is 0 Å². The van der Waals surface area contributed by atoms with Crippen LogP contribution in [0.4, 0.5) is 5.82 Å². The van der Waals surface area contributed by atoms with Crippen molar-refractivity contribution in [3.8, 4) is 11.8 Å². The fourth-order valence-electron chi connectivity index (χ4n) is 3.50. The van der Waals surface area contributed by atoms with Crippen LogP contribution in [0.25, 0.3) is 11.0 Å². The molecular weight excluding hydrogens is 595 g/mol. The molecule has 1 amide bonds. The van der Waals surface area contributed by atoms with Gasteiger partial charge in [0.2, 0.25) is 5.91 Å². The molecule has 2 aromatic rings. The van der Waals surface area contributed by atoms with Crippen LogP contribution in [0.1, 0.15) is 31.6 Å². The highest BCUT2D eigenvalue weighted by atomic mass is 31.3. The van der Waals surface area contributed by atoms with Gasteiger partial charge in [-0.25, -0.2) is 23.7 Å². The van der Waals surface area contributed by atoms with Gasteiger partial charge in [-0.05, 0) is 12.8 Å². The van der Waals surface area contributed by atoms with Crippen LogP contribution >= 0.6 is 23.5 Å². The zero-order chi connectivity index (χ0) is 29.6. The van der Waals surface area contributed by atoms with Crippen molar-refractivity contribution in [3.63, 3.8) is 0 Å². The van der Waals surface area contributed by atoms with Crippen molar-refractivity contribution in [2.45, 2.75) is 32.1 Å². The molecule has 222 valence electrons. The Labute approximate surface area is 230 Å². The number of amides is 1. The van der Waals surface area contributed by atoms with E-state index in [1.165, 1.54) is 13.3 Å². The minimum absolute atomic E-state index is 0.145. The van der Waals surface area contributed by atoms with Gasteiger partial charge in [0.25, 0.3) is 0 Å². The van der Waals surface area contributed by atoms with Gasteiger partial charge in [-0.1, -0.05) is 11.8 Å². The first kappa shape index (κ1) is 32.3. The quantitative estimate of drug-likeness (QED) is 0.242. The molecule has 1 fully saturated rings. The van der Waals surface area contributed by atoms with Gasteiger partial charge in [0.15, 0.2) is 0 Å². The molecule has 0 radical (unpaired) electrons. The Balaban J connectivity index is 1.72. The summed E-state index contributed by atoms with van der Waals surface area (Å²) in [4.78, 5) is 19.4. The fraction of sp³-hybridized carbons (Fsp3) is 0.550. The Morgan fingerprint density at radius 1 is 1.07 bits per heavy atom. The maximum Gasteiger partial charge on any atom is 0.492 e. The summed E-state index contributed by atoms with van der Waals surface area (Å²) in [7, 11) is -9.89. The van der Waals surface area contributed by atoms with Crippen molar-refractivity contribution in [1.82, 2.24) is 19.9 Å². The van der Waals surface area contributed by atoms with E-state index in [0.717, 1.165) is 28.4 Å². The predicted molar refractivity (Wildman–Crippen MR) is 140 cm³/mol. The van der Waals surface area contributed by atoms with E-state index in [9.17, 15) is 18.5 Å². The van der Waals surface area contributed by atoms with E-state index in [1.807, 2.05) is 0 Å². The fourth-order valence-corrected chi connectivity index (χ4v) is 7.97.